The molecular formula is C18H19FN2O5S. The third-order valence-electron chi connectivity index (χ3n) is 4.12. The van der Waals surface area contributed by atoms with Crippen molar-refractivity contribution in [2.45, 2.75) is 11.0 Å². The van der Waals surface area contributed by atoms with Gasteiger partial charge in [0, 0.05) is 18.3 Å². The summed E-state index contributed by atoms with van der Waals surface area (Å²) in [7, 11) is -2.27. The van der Waals surface area contributed by atoms with Gasteiger partial charge < -0.3 is 14.4 Å². The minimum absolute atomic E-state index is 0.0204. The van der Waals surface area contributed by atoms with Gasteiger partial charge in [-0.05, 0) is 36.4 Å². The number of benzene rings is 2. The minimum atomic E-state index is -3.80. The van der Waals surface area contributed by atoms with Crippen molar-refractivity contribution in [2.24, 2.45) is 0 Å². The largest absolute Gasteiger partial charge is 0.497 e. The van der Waals surface area contributed by atoms with Crippen LogP contribution in [0.2, 0.25) is 0 Å². The number of halogens is 1. The Balaban J connectivity index is 1.67. The van der Waals surface area contributed by atoms with Gasteiger partial charge >= 0.3 is 0 Å². The molecule has 0 radical (unpaired) electrons. The van der Waals surface area contributed by atoms with Crippen molar-refractivity contribution in [1.29, 1.82) is 0 Å². The molecule has 27 heavy (non-hydrogen) atoms. The van der Waals surface area contributed by atoms with E-state index < -0.39 is 21.9 Å². The molecule has 1 saturated heterocycles. The summed E-state index contributed by atoms with van der Waals surface area (Å²) in [5.41, 5.74) is 0.647. The predicted molar refractivity (Wildman–Crippen MR) is 96.7 cm³/mol. The molecule has 3 rings (SSSR count). The molecule has 9 heteroatoms. The molecule has 1 heterocycles. The number of morpholine rings is 1. The number of methoxy groups -OCH3 is 1. The maximum Gasteiger partial charge on any atom is 0.253 e. The first-order valence-corrected chi connectivity index (χ1v) is 9.68. The average Bonchev–Trinajstić information content (AvgIpc) is 2.68. The van der Waals surface area contributed by atoms with Gasteiger partial charge in [-0.25, -0.2) is 17.5 Å². The Morgan fingerprint density at radius 3 is 2.70 bits per heavy atom. The van der Waals surface area contributed by atoms with Crippen molar-refractivity contribution >= 4 is 21.6 Å². The van der Waals surface area contributed by atoms with E-state index in [0.717, 1.165) is 12.1 Å². The van der Waals surface area contributed by atoms with Crippen LogP contribution in [-0.4, -0.2) is 47.2 Å². The van der Waals surface area contributed by atoms with E-state index in [2.05, 4.69) is 4.72 Å². The number of carbonyl (C=O) groups is 1. The van der Waals surface area contributed by atoms with Gasteiger partial charge in [-0.2, -0.15) is 0 Å². The molecule has 2 aromatic carbocycles. The van der Waals surface area contributed by atoms with E-state index in [9.17, 15) is 17.6 Å². The zero-order valence-electron chi connectivity index (χ0n) is 14.6. The summed E-state index contributed by atoms with van der Waals surface area (Å²) in [6, 6.07) is 11.6. The second-order valence-corrected chi connectivity index (χ2v) is 7.71. The Kier molecular flexibility index (Phi) is 5.73. The highest BCUT2D eigenvalue weighted by Crippen LogP contribution is 2.23. The Hall–Kier alpha value is -2.49. The maximum absolute atomic E-state index is 13.0. The fourth-order valence-corrected chi connectivity index (χ4v) is 3.74. The first kappa shape index (κ1) is 19.3. The SMILES string of the molecule is COc1cccc(N2CC(CNS(=O)(=O)c3ccc(F)cc3)OCC2=O)c1. The number of hydrogen-bond donors (Lipinski definition) is 1. The molecule has 0 aromatic heterocycles. The van der Waals surface area contributed by atoms with Gasteiger partial charge in [-0.15, -0.1) is 0 Å². The quantitative estimate of drug-likeness (QED) is 0.804. The molecule has 1 aliphatic heterocycles. The zero-order valence-corrected chi connectivity index (χ0v) is 15.4. The van der Waals surface area contributed by atoms with Crippen molar-refractivity contribution in [3.05, 3.63) is 54.3 Å². The summed E-state index contributed by atoms with van der Waals surface area (Å²) in [5, 5.41) is 0. The fourth-order valence-electron chi connectivity index (χ4n) is 2.68. The number of nitrogens with one attached hydrogen (secondary N) is 1. The lowest BCUT2D eigenvalue weighted by atomic mass is 10.2. The summed E-state index contributed by atoms with van der Waals surface area (Å²) >= 11 is 0. The summed E-state index contributed by atoms with van der Waals surface area (Å²) in [4.78, 5) is 13.7. The van der Waals surface area contributed by atoms with Crippen LogP contribution >= 0.6 is 0 Å². The Labute approximate surface area is 156 Å². The second kappa shape index (κ2) is 8.03. The highest BCUT2D eigenvalue weighted by molar-refractivity contribution is 7.89. The summed E-state index contributed by atoms with van der Waals surface area (Å²) in [5.74, 6) is -0.127. The first-order valence-electron chi connectivity index (χ1n) is 8.20. The Morgan fingerprint density at radius 1 is 1.26 bits per heavy atom. The number of rotatable bonds is 6. The van der Waals surface area contributed by atoms with Crippen LogP contribution in [0.4, 0.5) is 10.1 Å². The monoisotopic (exact) mass is 394 g/mol. The number of anilines is 1. The van der Waals surface area contributed by atoms with Crippen LogP contribution in [-0.2, 0) is 19.6 Å². The molecule has 1 unspecified atom stereocenters. The third kappa shape index (κ3) is 4.62. The number of amides is 1. The molecular weight excluding hydrogens is 375 g/mol. The van der Waals surface area contributed by atoms with Crippen molar-refractivity contribution < 1.29 is 27.1 Å². The molecule has 0 spiro atoms. The van der Waals surface area contributed by atoms with Gasteiger partial charge in [0.2, 0.25) is 10.0 Å². The van der Waals surface area contributed by atoms with E-state index in [1.807, 2.05) is 0 Å². The molecule has 1 fully saturated rings. The van der Waals surface area contributed by atoms with Gasteiger partial charge in [-0.3, -0.25) is 4.79 Å². The van der Waals surface area contributed by atoms with Crippen LogP contribution in [0.1, 0.15) is 0 Å². The van der Waals surface area contributed by atoms with E-state index >= 15 is 0 Å². The van der Waals surface area contributed by atoms with Gasteiger partial charge in [0.15, 0.2) is 0 Å². The van der Waals surface area contributed by atoms with Crippen molar-refractivity contribution in [1.82, 2.24) is 4.72 Å². The lowest BCUT2D eigenvalue weighted by Gasteiger charge is -2.33. The van der Waals surface area contributed by atoms with Crippen LogP contribution < -0.4 is 14.4 Å². The summed E-state index contributed by atoms with van der Waals surface area (Å²) in [6.45, 7) is 0.0194. The highest BCUT2D eigenvalue weighted by Gasteiger charge is 2.29. The average molecular weight is 394 g/mol. The van der Waals surface area contributed by atoms with E-state index in [0.29, 0.717) is 11.4 Å². The molecule has 144 valence electrons. The molecule has 1 amide bonds. The van der Waals surface area contributed by atoms with Crippen LogP contribution in [0.25, 0.3) is 0 Å². The Bertz CT molecular complexity index is 918. The number of carbonyl (C=O) groups excluding carboxylic acids is 1. The number of ether oxygens (including phenoxy) is 2. The maximum atomic E-state index is 13.0. The molecule has 1 atom stereocenters. The molecule has 0 aliphatic carbocycles. The number of nitrogens with zero attached hydrogens (tertiary/aromatic N) is 1. The van der Waals surface area contributed by atoms with E-state index in [4.69, 9.17) is 9.47 Å². The zero-order chi connectivity index (χ0) is 19.4. The lowest BCUT2D eigenvalue weighted by molar-refractivity contribution is -0.129. The summed E-state index contributed by atoms with van der Waals surface area (Å²) in [6.07, 6.45) is -0.524. The second-order valence-electron chi connectivity index (χ2n) is 5.94. The van der Waals surface area contributed by atoms with Crippen LogP contribution in [0, 0.1) is 5.82 Å². The van der Waals surface area contributed by atoms with Crippen LogP contribution in [0.5, 0.6) is 5.75 Å². The molecule has 0 saturated carbocycles. The number of hydrogen-bond acceptors (Lipinski definition) is 5. The smallest absolute Gasteiger partial charge is 0.253 e. The summed E-state index contributed by atoms with van der Waals surface area (Å²) < 4.78 is 50.6. The predicted octanol–water partition coefficient (Wildman–Crippen LogP) is 1.54. The minimum Gasteiger partial charge on any atom is -0.497 e. The van der Waals surface area contributed by atoms with E-state index in [1.165, 1.54) is 24.1 Å². The van der Waals surface area contributed by atoms with Gasteiger partial charge in [0.1, 0.15) is 18.2 Å². The molecule has 1 aliphatic rings. The molecule has 0 bridgehead atoms. The standard InChI is InChI=1S/C18H19FN2O5S/c1-25-15-4-2-3-14(9-15)21-11-16(26-12-18(21)22)10-20-27(23,24)17-7-5-13(19)6-8-17/h2-9,16,20H,10-12H2,1H3. The van der Waals surface area contributed by atoms with Crippen molar-refractivity contribution in [3.8, 4) is 5.75 Å². The first-order chi connectivity index (χ1) is 12.9. The Morgan fingerprint density at radius 2 is 2.00 bits per heavy atom. The topological polar surface area (TPSA) is 84.9 Å². The highest BCUT2D eigenvalue weighted by atomic mass is 32.2. The van der Waals surface area contributed by atoms with Gasteiger partial charge in [-0.1, -0.05) is 6.07 Å². The molecule has 2 aromatic rings. The van der Waals surface area contributed by atoms with Crippen molar-refractivity contribution in [3.63, 3.8) is 0 Å². The van der Waals surface area contributed by atoms with E-state index in [-0.39, 0.29) is 30.5 Å². The van der Waals surface area contributed by atoms with Gasteiger partial charge in [0.25, 0.3) is 5.91 Å². The lowest BCUT2D eigenvalue weighted by Crippen LogP contribution is -2.50. The fraction of sp³-hybridized carbons (Fsp3) is 0.278. The molecule has 1 N–H and O–H groups in total. The van der Waals surface area contributed by atoms with Gasteiger partial charge in [0.05, 0.1) is 24.7 Å². The van der Waals surface area contributed by atoms with E-state index in [1.54, 1.807) is 24.3 Å². The van der Waals surface area contributed by atoms with Crippen LogP contribution in [0.3, 0.4) is 0 Å². The van der Waals surface area contributed by atoms with Crippen molar-refractivity contribution in [2.75, 3.05) is 31.7 Å². The van der Waals surface area contributed by atoms with Crippen LogP contribution in [0.15, 0.2) is 53.4 Å². The molecule has 7 nitrogen and oxygen atoms in total. The number of sulfonamides is 1. The third-order valence-corrected chi connectivity index (χ3v) is 5.56. The normalized spacial score (nSPS) is 17.8.